The molecule has 12 heteroatoms. The van der Waals surface area contributed by atoms with E-state index in [1.807, 2.05) is 48.7 Å². The molecule has 8 nitrogen and oxygen atoms in total. The molecule has 1 saturated heterocycles. The fraction of sp³-hybridized carbons (Fsp3) is 0.310. The number of benzene rings is 3. The summed E-state index contributed by atoms with van der Waals surface area (Å²) in [5.74, 6) is -0.209. The zero-order valence-electron chi connectivity index (χ0n) is 22.9. The van der Waals surface area contributed by atoms with Crippen LogP contribution < -0.4 is 4.90 Å². The van der Waals surface area contributed by atoms with Crippen molar-refractivity contribution >= 4 is 66.8 Å². The van der Waals surface area contributed by atoms with E-state index in [-0.39, 0.29) is 29.8 Å². The van der Waals surface area contributed by atoms with Crippen molar-refractivity contribution in [2.75, 3.05) is 57.6 Å². The molecule has 0 bridgehead atoms. The van der Waals surface area contributed by atoms with Crippen molar-refractivity contribution in [3.8, 4) is 0 Å². The first kappa shape index (κ1) is 31.4. The number of amides is 1. The van der Waals surface area contributed by atoms with Crippen molar-refractivity contribution in [1.82, 2.24) is 14.2 Å². The first-order valence-electron chi connectivity index (χ1n) is 13.0. The molecule has 0 saturated carbocycles. The van der Waals surface area contributed by atoms with Gasteiger partial charge in [-0.15, -0.1) is 24.2 Å². The van der Waals surface area contributed by atoms with Crippen molar-refractivity contribution < 1.29 is 17.9 Å². The summed E-state index contributed by atoms with van der Waals surface area (Å²) >= 11 is 3.16. The molecule has 1 amide bonds. The normalized spacial score (nSPS) is 14.2. The highest BCUT2D eigenvalue weighted by atomic mass is 35.5. The van der Waals surface area contributed by atoms with Gasteiger partial charge in [-0.3, -0.25) is 14.6 Å². The Balaban J connectivity index is 0.00000387. The second-order valence-electron chi connectivity index (χ2n) is 9.51. The first-order valence-corrected chi connectivity index (χ1v) is 16.5. The maximum absolute atomic E-state index is 13.8. The van der Waals surface area contributed by atoms with Gasteiger partial charge in [0, 0.05) is 50.2 Å². The summed E-state index contributed by atoms with van der Waals surface area (Å²) in [7, 11) is -2.16. The van der Waals surface area contributed by atoms with Crippen LogP contribution in [0.25, 0.3) is 10.2 Å². The second kappa shape index (κ2) is 14.1. The van der Waals surface area contributed by atoms with Crippen LogP contribution >= 0.6 is 35.5 Å². The number of ether oxygens (including phenoxy) is 1. The molecular formula is C29H33ClN4O4S3. The predicted octanol–water partition coefficient (Wildman–Crippen LogP) is 5.24. The fourth-order valence-electron chi connectivity index (χ4n) is 4.52. The summed E-state index contributed by atoms with van der Waals surface area (Å²) in [4.78, 5) is 23.9. The van der Waals surface area contributed by atoms with Crippen molar-refractivity contribution in [1.29, 1.82) is 0 Å². The number of rotatable bonds is 10. The summed E-state index contributed by atoms with van der Waals surface area (Å²) in [5, 5.41) is 0.630. The van der Waals surface area contributed by atoms with Gasteiger partial charge in [0.15, 0.2) is 5.13 Å². The number of aromatic nitrogens is 1. The number of nitrogens with zero attached hydrogens (tertiary/aromatic N) is 4. The van der Waals surface area contributed by atoms with Gasteiger partial charge in [-0.1, -0.05) is 41.7 Å². The van der Waals surface area contributed by atoms with Gasteiger partial charge in [0.2, 0.25) is 10.0 Å². The number of sulfonamides is 1. The van der Waals surface area contributed by atoms with Gasteiger partial charge in [0.05, 0.1) is 28.3 Å². The van der Waals surface area contributed by atoms with Gasteiger partial charge >= 0.3 is 0 Å². The molecule has 0 unspecified atom stereocenters. The number of carbonyl (C=O) groups excluding carboxylic acids is 1. The lowest BCUT2D eigenvalue weighted by Crippen LogP contribution is -2.43. The summed E-state index contributed by atoms with van der Waals surface area (Å²) < 4.78 is 34.2. The van der Waals surface area contributed by atoms with Gasteiger partial charge in [-0.25, -0.2) is 13.4 Å². The molecule has 2 heterocycles. The number of anilines is 1. The largest absolute Gasteiger partial charge is 0.379 e. The van der Waals surface area contributed by atoms with Gasteiger partial charge in [0.25, 0.3) is 5.91 Å². The Morgan fingerprint density at radius 1 is 1.05 bits per heavy atom. The van der Waals surface area contributed by atoms with E-state index < -0.39 is 10.0 Å². The van der Waals surface area contributed by atoms with Crippen LogP contribution in [0.3, 0.4) is 0 Å². The third kappa shape index (κ3) is 7.47. The maximum Gasteiger partial charge on any atom is 0.260 e. The van der Waals surface area contributed by atoms with E-state index in [0.717, 1.165) is 33.8 Å². The minimum Gasteiger partial charge on any atom is -0.379 e. The van der Waals surface area contributed by atoms with E-state index >= 15 is 0 Å². The van der Waals surface area contributed by atoms with Crippen LogP contribution in [0.15, 0.2) is 82.6 Å². The van der Waals surface area contributed by atoms with E-state index in [0.29, 0.717) is 37.0 Å². The number of thiazole rings is 1. The molecule has 1 aromatic heterocycles. The van der Waals surface area contributed by atoms with E-state index in [9.17, 15) is 13.2 Å². The molecule has 0 spiro atoms. The van der Waals surface area contributed by atoms with Crippen LogP contribution in [0.5, 0.6) is 0 Å². The topological polar surface area (TPSA) is 83.0 Å². The molecule has 4 aromatic rings. The standard InChI is InChI=1S/C29H32N4O4S3.ClH/c1-31(21-22-6-4-3-5-7-22)40(35,36)25-11-8-23(9-12-25)28(34)33(15-14-32-16-18-37-19-17-32)29-30-26-13-10-24(38-2)20-27(26)39-29;/h3-13,20H,14-19,21H2,1-2H3;1H. The van der Waals surface area contributed by atoms with E-state index in [4.69, 9.17) is 9.72 Å². The van der Waals surface area contributed by atoms with Crippen LogP contribution in [0.1, 0.15) is 15.9 Å². The van der Waals surface area contributed by atoms with Crippen LogP contribution in [-0.2, 0) is 21.3 Å². The minimum atomic E-state index is -3.72. The Morgan fingerprint density at radius 3 is 2.44 bits per heavy atom. The summed E-state index contributed by atoms with van der Waals surface area (Å²) in [6.07, 6.45) is 2.03. The third-order valence-electron chi connectivity index (χ3n) is 6.86. The molecule has 0 aliphatic carbocycles. The van der Waals surface area contributed by atoms with Crippen molar-refractivity contribution in [2.24, 2.45) is 0 Å². The van der Waals surface area contributed by atoms with Crippen LogP contribution in [0.2, 0.25) is 0 Å². The number of hydrogen-bond donors (Lipinski definition) is 0. The van der Waals surface area contributed by atoms with E-state index in [2.05, 4.69) is 11.0 Å². The quantitative estimate of drug-likeness (QED) is 0.221. The van der Waals surface area contributed by atoms with E-state index in [1.54, 1.807) is 35.8 Å². The zero-order valence-corrected chi connectivity index (χ0v) is 26.2. The Labute approximate surface area is 255 Å². The highest BCUT2D eigenvalue weighted by Gasteiger charge is 2.25. The van der Waals surface area contributed by atoms with Crippen LogP contribution in [0, 0.1) is 0 Å². The van der Waals surface area contributed by atoms with Gasteiger partial charge in [-0.05, 0) is 54.3 Å². The Bertz CT molecular complexity index is 1560. The van der Waals surface area contributed by atoms with Crippen molar-refractivity contribution in [3.63, 3.8) is 0 Å². The highest BCUT2D eigenvalue weighted by molar-refractivity contribution is 7.98. The fourth-order valence-corrected chi connectivity index (χ4v) is 7.22. The van der Waals surface area contributed by atoms with Crippen molar-refractivity contribution in [2.45, 2.75) is 16.3 Å². The Kier molecular flexibility index (Phi) is 10.8. The third-order valence-corrected chi connectivity index (χ3v) is 10.4. The highest BCUT2D eigenvalue weighted by Crippen LogP contribution is 2.32. The van der Waals surface area contributed by atoms with Crippen molar-refractivity contribution in [3.05, 3.63) is 83.9 Å². The number of fused-ring (bicyclic) bond motifs is 1. The number of thioether (sulfide) groups is 1. The molecule has 41 heavy (non-hydrogen) atoms. The molecule has 0 N–H and O–H groups in total. The molecule has 3 aromatic carbocycles. The molecule has 1 aliphatic heterocycles. The smallest absolute Gasteiger partial charge is 0.260 e. The molecular weight excluding hydrogens is 600 g/mol. The molecule has 1 aliphatic rings. The molecule has 218 valence electrons. The van der Waals surface area contributed by atoms with Gasteiger partial charge in [0.1, 0.15) is 0 Å². The van der Waals surface area contributed by atoms with Gasteiger partial charge in [-0.2, -0.15) is 4.31 Å². The molecule has 0 atom stereocenters. The lowest BCUT2D eigenvalue weighted by molar-refractivity contribution is 0.0391. The predicted molar refractivity (Wildman–Crippen MR) is 169 cm³/mol. The minimum absolute atomic E-state index is 0. The Morgan fingerprint density at radius 2 is 1.76 bits per heavy atom. The average Bonchev–Trinajstić information content (AvgIpc) is 3.41. The lowest BCUT2D eigenvalue weighted by Gasteiger charge is -2.29. The van der Waals surface area contributed by atoms with E-state index in [1.165, 1.54) is 27.8 Å². The SMILES string of the molecule is CSc1ccc2nc(N(CCN3CCOCC3)C(=O)c3ccc(S(=O)(=O)N(C)Cc4ccccc4)cc3)sc2c1.Cl. The summed E-state index contributed by atoms with van der Waals surface area (Å²) in [6, 6.07) is 21.8. The molecule has 0 radical (unpaired) electrons. The summed E-state index contributed by atoms with van der Waals surface area (Å²) in [6.45, 7) is 4.42. The number of halogens is 1. The number of carbonyl (C=O) groups is 1. The molecule has 5 rings (SSSR count). The van der Waals surface area contributed by atoms with Crippen LogP contribution in [0.4, 0.5) is 5.13 Å². The maximum atomic E-state index is 13.8. The first-order chi connectivity index (χ1) is 19.3. The average molecular weight is 633 g/mol. The second-order valence-corrected chi connectivity index (χ2v) is 13.4. The lowest BCUT2D eigenvalue weighted by atomic mass is 10.2. The van der Waals surface area contributed by atoms with Gasteiger partial charge < -0.3 is 4.74 Å². The summed E-state index contributed by atoms with van der Waals surface area (Å²) in [5.41, 5.74) is 2.16. The monoisotopic (exact) mass is 632 g/mol. The number of hydrogen-bond acceptors (Lipinski definition) is 8. The Hall–Kier alpha value is -2.51. The zero-order chi connectivity index (χ0) is 28.1. The number of morpholine rings is 1. The molecule has 1 fully saturated rings. The van der Waals surface area contributed by atoms with Crippen LogP contribution in [-0.4, -0.2) is 81.2 Å².